The van der Waals surface area contributed by atoms with Crippen LogP contribution in [0.1, 0.15) is 34.7 Å². The van der Waals surface area contributed by atoms with Crippen molar-refractivity contribution in [3.8, 4) is 0 Å². The van der Waals surface area contributed by atoms with Gasteiger partial charge in [-0.2, -0.15) is 0 Å². The van der Waals surface area contributed by atoms with Gasteiger partial charge in [0.1, 0.15) is 11.3 Å². The summed E-state index contributed by atoms with van der Waals surface area (Å²) in [6, 6.07) is 5.72. The van der Waals surface area contributed by atoms with Crippen LogP contribution in [0, 0.1) is 12.3 Å². The monoisotopic (exact) mass is 340 g/mol. The molecule has 4 rings (SSSR count). The fourth-order valence-corrected chi connectivity index (χ4v) is 3.83. The third kappa shape index (κ3) is 2.69. The van der Waals surface area contributed by atoms with Gasteiger partial charge in [-0.25, -0.2) is 0 Å². The Hall–Kier alpha value is -2.70. The third-order valence-corrected chi connectivity index (χ3v) is 5.30. The van der Waals surface area contributed by atoms with Crippen molar-refractivity contribution in [2.75, 3.05) is 19.6 Å². The number of aromatic nitrogens is 2. The maximum absolute atomic E-state index is 13.0. The van der Waals surface area contributed by atoms with Crippen molar-refractivity contribution in [2.45, 2.75) is 26.3 Å². The molecular weight excluding hydrogens is 320 g/mol. The first-order valence-electron chi connectivity index (χ1n) is 8.49. The topological polar surface area (TPSA) is 79.5 Å². The summed E-state index contributed by atoms with van der Waals surface area (Å²) in [6.45, 7) is 4.02. The fourth-order valence-electron chi connectivity index (χ4n) is 3.83. The molecule has 1 spiro atoms. The lowest BCUT2D eigenvalue weighted by atomic mass is 9.85. The molecule has 2 aliphatic heterocycles. The Morgan fingerprint density at radius 1 is 1.32 bits per heavy atom. The smallest absolute Gasteiger partial charge is 0.259 e. The molecule has 0 bridgehead atoms. The van der Waals surface area contributed by atoms with Crippen molar-refractivity contribution in [3.05, 3.63) is 47.6 Å². The summed E-state index contributed by atoms with van der Waals surface area (Å²) < 4.78 is 4.99. The van der Waals surface area contributed by atoms with Crippen LogP contribution in [-0.4, -0.2) is 51.4 Å². The predicted octanol–water partition coefficient (Wildman–Crippen LogP) is 1.64. The molecule has 0 unspecified atom stereocenters. The van der Waals surface area contributed by atoms with Crippen molar-refractivity contribution < 1.29 is 14.1 Å². The molecule has 2 saturated heterocycles. The van der Waals surface area contributed by atoms with Crippen LogP contribution in [0.3, 0.4) is 0 Å². The van der Waals surface area contributed by atoms with Crippen molar-refractivity contribution >= 4 is 11.8 Å². The van der Waals surface area contributed by atoms with Gasteiger partial charge in [0.2, 0.25) is 5.91 Å². The molecule has 130 valence electrons. The van der Waals surface area contributed by atoms with E-state index < -0.39 is 5.41 Å². The minimum absolute atomic E-state index is 0.105. The van der Waals surface area contributed by atoms with Crippen LogP contribution in [0.25, 0.3) is 0 Å². The number of carbonyl (C=O) groups is 2. The quantitative estimate of drug-likeness (QED) is 0.849. The second-order valence-electron chi connectivity index (χ2n) is 6.85. The Morgan fingerprint density at radius 3 is 2.88 bits per heavy atom. The van der Waals surface area contributed by atoms with Gasteiger partial charge >= 0.3 is 0 Å². The minimum Gasteiger partial charge on any atom is -0.361 e. The van der Waals surface area contributed by atoms with Gasteiger partial charge in [0.05, 0.1) is 23.9 Å². The molecule has 0 aromatic carbocycles. The molecule has 0 saturated carbocycles. The van der Waals surface area contributed by atoms with E-state index in [2.05, 4.69) is 10.1 Å². The van der Waals surface area contributed by atoms with E-state index in [9.17, 15) is 9.59 Å². The number of rotatable bonds is 3. The molecule has 4 heterocycles. The van der Waals surface area contributed by atoms with Gasteiger partial charge in [0.15, 0.2) is 0 Å². The molecule has 1 atom stereocenters. The van der Waals surface area contributed by atoms with Gasteiger partial charge in [-0.15, -0.1) is 0 Å². The highest BCUT2D eigenvalue weighted by molar-refractivity contribution is 5.96. The molecule has 2 aromatic heterocycles. The average Bonchev–Trinajstić information content (AvgIpc) is 3.32. The standard InChI is InChI=1S/C18H20N4O3/c1-13-15(10-20-25-13)16(23)22-9-6-18(12-22)5-8-21(17(18)24)11-14-4-2-3-7-19-14/h2-4,7,10H,5-6,8-9,11-12H2,1H3/t18-/m1/s1. The summed E-state index contributed by atoms with van der Waals surface area (Å²) in [5, 5.41) is 3.67. The summed E-state index contributed by atoms with van der Waals surface area (Å²) in [5.41, 5.74) is 0.918. The summed E-state index contributed by atoms with van der Waals surface area (Å²) >= 11 is 0. The zero-order valence-electron chi connectivity index (χ0n) is 14.1. The van der Waals surface area contributed by atoms with Crippen LogP contribution in [0.2, 0.25) is 0 Å². The van der Waals surface area contributed by atoms with E-state index in [1.165, 1.54) is 6.20 Å². The molecule has 2 aliphatic rings. The second kappa shape index (κ2) is 5.98. The zero-order valence-corrected chi connectivity index (χ0v) is 14.1. The third-order valence-electron chi connectivity index (χ3n) is 5.30. The number of likely N-dealkylation sites (tertiary alicyclic amines) is 2. The molecule has 0 N–H and O–H groups in total. The Bertz CT molecular complexity index is 804. The number of nitrogens with zero attached hydrogens (tertiary/aromatic N) is 4. The van der Waals surface area contributed by atoms with Crippen molar-refractivity contribution in [1.82, 2.24) is 19.9 Å². The first-order chi connectivity index (χ1) is 12.1. The Labute approximate surface area is 145 Å². The van der Waals surface area contributed by atoms with E-state index in [0.29, 0.717) is 43.9 Å². The van der Waals surface area contributed by atoms with Crippen LogP contribution in [-0.2, 0) is 11.3 Å². The first-order valence-corrected chi connectivity index (χ1v) is 8.49. The number of hydrogen-bond donors (Lipinski definition) is 0. The van der Waals surface area contributed by atoms with Gasteiger partial charge in [-0.1, -0.05) is 11.2 Å². The zero-order chi connectivity index (χ0) is 17.4. The maximum Gasteiger partial charge on any atom is 0.259 e. The van der Waals surface area contributed by atoms with Gasteiger partial charge < -0.3 is 14.3 Å². The fraction of sp³-hybridized carbons (Fsp3) is 0.444. The van der Waals surface area contributed by atoms with E-state index in [0.717, 1.165) is 12.1 Å². The van der Waals surface area contributed by atoms with Crippen LogP contribution < -0.4 is 0 Å². The van der Waals surface area contributed by atoms with Gasteiger partial charge in [0.25, 0.3) is 5.91 Å². The first kappa shape index (κ1) is 15.8. The summed E-state index contributed by atoms with van der Waals surface area (Å²) in [7, 11) is 0. The van der Waals surface area contributed by atoms with E-state index in [4.69, 9.17) is 4.52 Å². The van der Waals surface area contributed by atoms with Crippen LogP contribution in [0.15, 0.2) is 35.1 Å². The highest BCUT2D eigenvalue weighted by Crippen LogP contribution is 2.41. The Kier molecular flexibility index (Phi) is 3.78. The normalized spacial score (nSPS) is 23.0. The molecule has 2 aromatic rings. The SMILES string of the molecule is Cc1oncc1C(=O)N1CC[C@]2(CCN(Cc3ccccn3)C2=O)C1. The number of amides is 2. The molecule has 0 aliphatic carbocycles. The maximum atomic E-state index is 13.0. The molecular formula is C18H20N4O3. The van der Waals surface area contributed by atoms with Crippen molar-refractivity contribution in [3.63, 3.8) is 0 Å². The Morgan fingerprint density at radius 2 is 2.16 bits per heavy atom. The number of carbonyl (C=O) groups excluding carboxylic acids is 2. The largest absolute Gasteiger partial charge is 0.361 e. The van der Waals surface area contributed by atoms with Gasteiger partial charge in [-0.3, -0.25) is 14.6 Å². The summed E-state index contributed by atoms with van der Waals surface area (Å²) in [4.78, 5) is 33.5. The summed E-state index contributed by atoms with van der Waals surface area (Å²) in [6.07, 6.45) is 4.68. The van der Waals surface area contributed by atoms with Crippen molar-refractivity contribution in [1.29, 1.82) is 0 Å². The molecule has 2 fully saturated rings. The number of pyridine rings is 1. The highest BCUT2D eigenvalue weighted by Gasteiger charge is 2.51. The molecule has 0 radical (unpaired) electrons. The van der Waals surface area contributed by atoms with E-state index >= 15 is 0 Å². The van der Waals surface area contributed by atoms with E-state index in [-0.39, 0.29) is 11.8 Å². The second-order valence-corrected chi connectivity index (χ2v) is 6.85. The lowest BCUT2D eigenvalue weighted by molar-refractivity contribution is -0.135. The van der Waals surface area contributed by atoms with E-state index in [1.807, 2.05) is 23.1 Å². The van der Waals surface area contributed by atoms with Crippen LogP contribution in [0.4, 0.5) is 0 Å². The van der Waals surface area contributed by atoms with Gasteiger partial charge in [-0.05, 0) is 31.9 Å². The van der Waals surface area contributed by atoms with Crippen LogP contribution in [0.5, 0.6) is 0 Å². The van der Waals surface area contributed by atoms with Gasteiger partial charge in [0, 0.05) is 25.8 Å². The number of aryl methyl sites for hydroxylation is 1. The summed E-state index contributed by atoms with van der Waals surface area (Å²) in [5.74, 6) is 0.544. The highest BCUT2D eigenvalue weighted by atomic mass is 16.5. The van der Waals surface area contributed by atoms with Crippen molar-refractivity contribution in [2.24, 2.45) is 5.41 Å². The lowest BCUT2D eigenvalue weighted by Crippen LogP contribution is -2.38. The Balaban J connectivity index is 1.46. The molecule has 7 nitrogen and oxygen atoms in total. The molecule has 25 heavy (non-hydrogen) atoms. The average molecular weight is 340 g/mol. The molecule has 7 heteroatoms. The molecule has 2 amide bonds. The van der Waals surface area contributed by atoms with Crippen LogP contribution >= 0.6 is 0 Å². The lowest BCUT2D eigenvalue weighted by Gasteiger charge is -2.23. The van der Waals surface area contributed by atoms with E-state index in [1.54, 1.807) is 18.0 Å². The number of hydrogen-bond acceptors (Lipinski definition) is 5. The minimum atomic E-state index is -0.449. The predicted molar refractivity (Wildman–Crippen MR) is 88.5 cm³/mol.